The summed E-state index contributed by atoms with van der Waals surface area (Å²) in [4.78, 5) is 0. The molecule has 0 saturated carbocycles. The minimum atomic E-state index is -4.57. The van der Waals surface area contributed by atoms with Crippen LogP contribution in [0.4, 0.5) is 0 Å². The Balaban J connectivity index is 0. The fourth-order valence-corrected chi connectivity index (χ4v) is 2.88. The van der Waals surface area contributed by atoms with Crippen molar-refractivity contribution in [1.82, 2.24) is 0 Å². The van der Waals surface area contributed by atoms with Gasteiger partial charge in [-0.15, -0.1) is 0 Å². The van der Waals surface area contributed by atoms with Crippen LogP contribution in [0.3, 0.4) is 0 Å². The first kappa shape index (κ1) is 24.1. The van der Waals surface area contributed by atoms with Gasteiger partial charge in [0.15, 0.2) is 0 Å². The van der Waals surface area contributed by atoms with Crippen LogP contribution in [0.25, 0.3) is 0 Å². The van der Waals surface area contributed by atoms with E-state index in [9.17, 15) is 13.0 Å². The van der Waals surface area contributed by atoms with E-state index in [1.54, 1.807) is 0 Å². The van der Waals surface area contributed by atoms with Gasteiger partial charge in [0, 0.05) is 0 Å². The minimum Gasteiger partial charge on any atom is -0.726 e. The van der Waals surface area contributed by atoms with Crippen LogP contribution in [0, 0.1) is 0 Å². The van der Waals surface area contributed by atoms with Gasteiger partial charge >= 0.3 is 29.6 Å². The van der Waals surface area contributed by atoms with E-state index in [1.165, 1.54) is 38.5 Å². The average molecular weight is 330 g/mol. The second-order valence-corrected chi connectivity index (χ2v) is 6.54. The van der Waals surface area contributed by atoms with E-state index >= 15 is 0 Å². The van der Waals surface area contributed by atoms with Crippen LogP contribution in [0.5, 0.6) is 0 Å². The summed E-state index contributed by atoms with van der Waals surface area (Å²) in [6, 6.07) is 0. The van der Waals surface area contributed by atoms with Gasteiger partial charge in [-0.05, 0) is 12.8 Å². The molecule has 0 atom stereocenters. The van der Waals surface area contributed by atoms with Gasteiger partial charge in [-0.2, -0.15) is 0 Å². The predicted molar refractivity (Wildman–Crippen MR) is 81.3 cm³/mol. The molecule has 21 heavy (non-hydrogen) atoms. The molecule has 0 aliphatic heterocycles. The summed E-state index contributed by atoms with van der Waals surface area (Å²) in [6.07, 6.45) is 12.1. The molecule has 0 N–H and O–H groups in total. The fraction of sp³-hybridized carbons (Fsp3) is 1.00. The first-order chi connectivity index (χ1) is 9.49. The molecule has 0 heterocycles. The van der Waals surface area contributed by atoms with Gasteiger partial charge in [-0.1, -0.05) is 78.1 Å². The Morgan fingerprint density at radius 2 is 1.19 bits per heavy atom. The smallest absolute Gasteiger partial charge is 0.726 e. The Labute approximate surface area is 153 Å². The van der Waals surface area contributed by atoms with E-state index in [0.717, 1.165) is 25.7 Å². The predicted octanol–water partition coefficient (Wildman–Crippen LogP) is 1.56. The van der Waals surface area contributed by atoms with Crippen molar-refractivity contribution >= 4 is 10.4 Å². The summed E-state index contributed by atoms with van der Waals surface area (Å²) in [7, 11) is -4.57. The standard InChI is InChI=1S/C15H32O4S.Na/c1-3-5-7-9-11-13-15(19-20(16,17)18)14-12-10-8-6-4-2;/h15H,3-14H2,1-2H3,(H,16,17,18);/q;+1/p-1. The molecule has 0 radical (unpaired) electrons. The van der Waals surface area contributed by atoms with E-state index in [1.807, 2.05) is 0 Å². The first-order valence-corrected chi connectivity index (χ1v) is 9.47. The van der Waals surface area contributed by atoms with Crippen LogP contribution >= 0.6 is 0 Å². The molecule has 0 spiro atoms. The molecule has 0 aliphatic rings. The van der Waals surface area contributed by atoms with E-state index in [0.29, 0.717) is 12.8 Å². The van der Waals surface area contributed by atoms with Gasteiger partial charge in [0.25, 0.3) is 0 Å². The number of rotatable bonds is 14. The SMILES string of the molecule is CCCCCCCC(CCCCCCC)OS(=O)(=O)[O-].[Na+]. The van der Waals surface area contributed by atoms with Crippen molar-refractivity contribution in [1.29, 1.82) is 0 Å². The zero-order valence-electron chi connectivity index (χ0n) is 14.1. The number of hydrogen-bond acceptors (Lipinski definition) is 4. The average Bonchev–Trinajstić information content (AvgIpc) is 2.36. The third kappa shape index (κ3) is 18.8. The Morgan fingerprint density at radius 1 is 0.810 bits per heavy atom. The molecule has 0 unspecified atom stereocenters. The molecule has 0 aliphatic carbocycles. The quantitative estimate of drug-likeness (QED) is 0.210. The van der Waals surface area contributed by atoms with Gasteiger partial charge in [-0.25, -0.2) is 8.42 Å². The normalized spacial score (nSPS) is 11.6. The first-order valence-electron chi connectivity index (χ1n) is 8.13. The van der Waals surface area contributed by atoms with Crippen LogP contribution in [0.15, 0.2) is 0 Å². The Morgan fingerprint density at radius 3 is 1.52 bits per heavy atom. The summed E-state index contributed by atoms with van der Waals surface area (Å²) in [5.74, 6) is 0. The van der Waals surface area contributed by atoms with Crippen molar-refractivity contribution in [3.63, 3.8) is 0 Å². The summed E-state index contributed by atoms with van der Waals surface area (Å²) in [5.41, 5.74) is 0. The maximum Gasteiger partial charge on any atom is 1.00 e. The van der Waals surface area contributed by atoms with Crippen molar-refractivity contribution in [3.05, 3.63) is 0 Å². The van der Waals surface area contributed by atoms with Crippen molar-refractivity contribution in [2.75, 3.05) is 0 Å². The second kappa shape index (κ2) is 15.8. The zero-order valence-corrected chi connectivity index (χ0v) is 16.9. The van der Waals surface area contributed by atoms with E-state index < -0.39 is 16.5 Å². The molecule has 0 saturated heterocycles. The molecule has 122 valence electrons. The second-order valence-electron chi connectivity index (χ2n) is 5.53. The molecule has 0 aromatic heterocycles. The molecule has 0 amide bonds. The van der Waals surface area contributed by atoms with Gasteiger partial charge in [-0.3, -0.25) is 4.18 Å². The van der Waals surface area contributed by atoms with Gasteiger partial charge in [0.2, 0.25) is 10.4 Å². The van der Waals surface area contributed by atoms with Crippen molar-refractivity contribution in [2.24, 2.45) is 0 Å². The van der Waals surface area contributed by atoms with Gasteiger partial charge < -0.3 is 4.55 Å². The van der Waals surface area contributed by atoms with Crippen molar-refractivity contribution < 1.29 is 46.7 Å². The van der Waals surface area contributed by atoms with Crippen LogP contribution in [0.2, 0.25) is 0 Å². The number of unbranched alkanes of at least 4 members (excludes halogenated alkanes) is 8. The molecular formula is C15H31NaO4S. The third-order valence-electron chi connectivity index (χ3n) is 3.51. The maximum absolute atomic E-state index is 10.7. The van der Waals surface area contributed by atoms with Crippen LogP contribution in [-0.4, -0.2) is 19.1 Å². The van der Waals surface area contributed by atoms with Crippen LogP contribution in [0.1, 0.15) is 90.9 Å². The molecule has 4 nitrogen and oxygen atoms in total. The monoisotopic (exact) mass is 330 g/mol. The van der Waals surface area contributed by atoms with E-state index in [-0.39, 0.29) is 29.6 Å². The molecule has 6 heteroatoms. The summed E-state index contributed by atoms with van der Waals surface area (Å²) in [6.45, 7) is 4.32. The summed E-state index contributed by atoms with van der Waals surface area (Å²) < 4.78 is 36.9. The molecule has 0 rings (SSSR count). The Bertz CT molecular complexity index is 293. The largest absolute Gasteiger partial charge is 1.00 e. The Hall–Kier alpha value is 0.870. The maximum atomic E-state index is 10.7. The third-order valence-corrected chi connectivity index (χ3v) is 4.02. The van der Waals surface area contributed by atoms with Crippen molar-refractivity contribution in [3.8, 4) is 0 Å². The summed E-state index contributed by atoms with van der Waals surface area (Å²) >= 11 is 0. The molecule has 0 bridgehead atoms. The fourth-order valence-electron chi connectivity index (χ4n) is 2.36. The molecule has 0 aromatic rings. The van der Waals surface area contributed by atoms with Crippen molar-refractivity contribution in [2.45, 2.75) is 97.0 Å². The molecular weight excluding hydrogens is 299 g/mol. The van der Waals surface area contributed by atoms with Gasteiger partial charge in [0.1, 0.15) is 0 Å². The number of hydrogen-bond donors (Lipinski definition) is 0. The molecule has 0 aromatic carbocycles. The molecule has 0 fully saturated rings. The Kier molecular flexibility index (Phi) is 18.1. The summed E-state index contributed by atoms with van der Waals surface area (Å²) in [5, 5.41) is 0. The van der Waals surface area contributed by atoms with Crippen LogP contribution < -0.4 is 29.6 Å². The van der Waals surface area contributed by atoms with E-state index in [2.05, 4.69) is 18.0 Å². The topological polar surface area (TPSA) is 66.4 Å². The van der Waals surface area contributed by atoms with E-state index in [4.69, 9.17) is 0 Å². The van der Waals surface area contributed by atoms with Gasteiger partial charge in [0.05, 0.1) is 6.10 Å². The zero-order chi connectivity index (χ0) is 15.3. The van der Waals surface area contributed by atoms with Crippen LogP contribution in [-0.2, 0) is 14.6 Å². The minimum absolute atomic E-state index is 0.